The Hall–Kier alpha value is -3.91. The fourth-order valence-corrected chi connectivity index (χ4v) is 7.79. The van der Waals surface area contributed by atoms with Crippen molar-refractivity contribution in [2.75, 3.05) is 51.3 Å². The van der Waals surface area contributed by atoms with E-state index in [1.165, 1.54) is 6.07 Å². The van der Waals surface area contributed by atoms with Crippen LogP contribution in [0.25, 0.3) is 32.9 Å². The summed E-state index contributed by atoms with van der Waals surface area (Å²) in [7, 11) is 1.71. The number of nitrogens with one attached hydrogen (secondary N) is 1. The van der Waals surface area contributed by atoms with Gasteiger partial charge < -0.3 is 19.7 Å². The molecule has 0 saturated carbocycles. The van der Waals surface area contributed by atoms with Gasteiger partial charge in [0, 0.05) is 43.7 Å². The van der Waals surface area contributed by atoms with Crippen molar-refractivity contribution >= 4 is 27.5 Å². The molecular weight excluding hydrogens is 634 g/mol. The molecule has 1 unspecified atom stereocenters. The summed E-state index contributed by atoms with van der Waals surface area (Å²) in [6.07, 6.45) is 11.7. The molecule has 50 heavy (non-hydrogen) atoms. The van der Waals surface area contributed by atoms with Crippen LogP contribution in [0.5, 0.6) is 6.01 Å². The van der Waals surface area contributed by atoms with Crippen molar-refractivity contribution in [3.63, 3.8) is 0 Å². The van der Waals surface area contributed by atoms with Crippen molar-refractivity contribution in [2.45, 2.75) is 90.3 Å². The smallest absolute Gasteiger partial charge is 0.319 e. The van der Waals surface area contributed by atoms with E-state index in [0.29, 0.717) is 35.2 Å². The molecule has 0 radical (unpaired) electrons. The molecule has 0 aliphatic carbocycles. The monoisotopic (exact) mass is 684 g/mol. The van der Waals surface area contributed by atoms with Gasteiger partial charge in [0.1, 0.15) is 29.5 Å². The average molecular weight is 685 g/mol. The van der Waals surface area contributed by atoms with E-state index in [1.807, 2.05) is 46.8 Å². The molecule has 4 aromatic rings. The Kier molecular flexibility index (Phi) is 10.6. The van der Waals surface area contributed by atoms with E-state index in [0.717, 1.165) is 75.9 Å². The van der Waals surface area contributed by atoms with Gasteiger partial charge >= 0.3 is 6.01 Å². The number of rotatable bonds is 4. The molecule has 0 bridgehead atoms. The van der Waals surface area contributed by atoms with Crippen LogP contribution in [0.2, 0.25) is 0 Å². The summed E-state index contributed by atoms with van der Waals surface area (Å²) in [6, 6.07) is 8.82. The summed E-state index contributed by atoms with van der Waals surface area (Å²) in [6.45, 7) is 15.1. The zero-order valence-corrected chi connectivity index (χ0v) is 30.3. The van der Waals surface area contributed by atoms with Gasteiger partial charge in [0.2, 0.25) is 0 Å². The topological polar surface area (TPSA) is 75.6 Å². The number of methoxy groups -OCH3 is 1. The number of anilines is 1. The first-order chi connectivity index (χ1) is 24.1. The summed E-state index contributed by atoms with van der Waals surface area (Å²) in [4.78, 5) is 19.4. The minimum atomic E-state index is -0.572. The van der Waals surface area contributed by atoms with E-state index in [2.05, 4.69) is 21.0 Å². The predicted molar refractivity (Wildman–Crippen MR) is 197 cm³/mol. The lowest BCUT2D eigenvalue weighted by Crippen LogP contribution is -2.51. The second-order valence-corrected chi connectivity index (χ2v) is 14.4. The van der Waals surface area contributed by atoms with Crippen molar-refractivity contribution in [3.05, 3.63) is 53.2 Å². The van der Waals surface area contributed by atoms with Crippen LogP contribution < -0.4 is 15.0 Å². The van der Waals surface area contributed by atoms with Crippen LogP contribution in [0, 0.1) is 24.0 Å². The molecule has 1 atom stereocenters. The molecule has 266 valence electrons. The number of aromatic nitrogens is 3. The van der Waals surface area contributed by atoms with Gasteiger partial charge in [0.05, 0.1) is 27.8 Å². The van der Waals surface area contributed by atoms with E-state index in [1.54, 1.807) is 19.2 Å². The third-order valence-electron chi connectivity index (χ3n) is 10.4. The second kappa shape index (κ2) is 14.7. The first-order valence-electron chi connectivity index (χ1n) is 18.1. The standard InChI is InChI=1S/C33H32F2N6O.C5H12O.C2H6/c1-2-22-24(34)10-8-20-6-3-7-23(26(20)22)29-28(35)30-27-25(37-29)11-9-21-18-36-14-17-41(21)31(27)39-32(38-30)42-19-33-12-4-15-40(33)16-5-13-33;1-5(2,3)6-4;1-2/h1,3,6-8,10,21,36H,4-5,9,11-19H2;1-4H3;1-2H3. The van der Waals surface area contributed by atoms with E-state index >= 15 is 4.39 Å². The first kappa shape index (κ1) is 35.9. The minimum Gasteiger partial charge on any atom is -0.461 e. The largest absolute Gasteiger partial charge is 0.461 e. The molecule has 3 fully saturated rings. The Bertz CT molecular complexity index is 1890. The summed E-state index contributed by atoms with van der Waals surface area (Å²) < 4.78 is 43.0. The number of hydrogen-bond donors (Lipinski definition) is 1. The van der Waals surface area contributed by atoms with Crippen LogP contribution in [-0.2, 0) is 11.2 Å². The highest BCUT2D eigenvalue weighted by Crippen LogP contribution is 2.42. The van der Waals surface area contributed by atoms with Gasteiger partial charge in [-0.3, -0.25) is 4.90 Å². The number of halogens is 2. The summed E-state index contributed by atoms with van der Waals surface area (Å²) >= 11 is 0. The SMILES string of the molecule is C#Cc1c(F)ccc2cccc(-c3nc4c5c(nc(OCC67CCCN6CCC7)nc5c3F)N3CCNCC3CC4)c12.CC.COC(C)(C)C. The lowest BCUT2D eigenvalue weighted by Gasteiger charge is -2.36. The number of piperazine rings is 1. The highest BCUT2D eigenvalue weighted by atomic mass is 19.1. The average Bonchev–Trinajstić information content (AvgIpc) is 3.67. The molecule has 6 heterocycles. The van der Waals surface area contributed by atoms with Crippen molar-refractivity contribution in [3.8, 4) is 29.6 Å². The fraction of sp³-hybridized carbons (Fsp3) is 0.525. The second-order valence-electron chi connectivity index (χ2n) is 14.4. The number of terminal acetylenes is 1. The number of fused-ring (bicyclic) bond motifs is 4. The van der Waals surface area contributed by atoms with Crippen LogP contribution >= 0.6 is 0 Å². The van der Waals surface area contributed by atoms with Gasteiger partial charge in [-0.1, -0.05) is 44.0 Å². The van der Waals surface area contributed by atoms with Crippen molar-refractivity contribution in [1.82, 2.24) is 25.2 Å². The molecule has 0 spiro atoms. The van der Waals surface area contributed by atoms with Gasteiger partial charge in [-0.15, -0.1) is 6.42 Å². The van der Waals surface area contributed by atoms with Crippen molar-refractivity contribution in [1.29, 1.82) is 0 Å². The molecule has 0 amide bonds. The number of hydrogen-bond acceptors (Lipinski definition) is 8. The lowest BCUT2D eigenvalue weighted by molar-refractivity contribution is 0.0397. The maximum absolute atomic E-state index is 16.8. The van der Waals surface area contributed by atoms with Crippen LogP contribution in [0.15, 0.2) is 30.3 Å². The molecule has 8 rings (SSSR count). The Labute approximate surface area is 295 Å². The Morgan fingerprint density at radius 2 is 1.76 bits per heavy atom. The van der Waals surface area contributed by atoms with Crippen LogP contribution in [0.3, 0.4) is 0 Å². The number of benzene rings is 2. The summed E-state index contributed by atoms with van der Waals surface area (Å²) in [5.74, 6) is 2.08. The zero-order valence-electron chi connectivity index (χ0n) is 30.3. The van der Waals surface area contributed by atoms with E-state index in [-0.39, 0.29) is 40.0 Å². The molecule has 10 heteroatoms. The molecule has 3 saturated heterocycles. The third kappa shape index (κ3) is 6.75. The van der Waals surface area contributed by atoms with Crippen LogP contribution in [0.4, 0.5) is 14.6 Å². The van der Waals surface area contributed by atoms with Gasteiger partial charge in [0.25, 0.3) is 0 Å². The van der Waals surface area contributed by atoms with Crippen molar-refractivity contribution in [2.24, 2.45) is 0 Å². The molecule has 2 aromatic carbocycles. The van der Waals surface area contributed by atoms with Gasteiger partial charge in [-0.2, -0.15) is 9.97 Å². The molecular formula is C40H50F2N6O2. The highest BCUT2D eigenvalue weighted by molar-refractivity contribution is 6.02. The number of pyridine rings is 1. The molecule has 4 aliphatic rings. The molecule has 1 N–H and O–H groups in total. The van der Waals surface area contributed by atoms with E-state index in [4.69, 9.17) is 30.8 Å². The Morgan fingerprint density at radius 3 is 2.46 bits per heavy atom. The minimum absolute atomic E-state index is 0.00970. The maximum Gasteiger partial charge on any atom is 0.319 e. The molecule has 4 aliphatic heterocycles. The third-order valence-corrected chi connectivity index (χ3v) is 10.4. The number of nitrogens with zero attached hydrogens (tertiary/aromatic N) is 5. The van der Waals surface area contributed by atoms with Gasteiger partial charge in [-0.05, 0) is 83.8 Å². The predicted octanol–water partition coefficient (Wildman–Crippen LogP) is 7.29. The normalized spacial score (nSPS) is 19.4. The quantitative estimate of drug-likeness (QED) is 0.225. The van der Waals surface area contributed by atoms with Crippen LogP contribution in [-0.4, -0.2) is 83.5 Å². The molecule has 8 nitrogen and oxygen atoms in total. The summed E-state index contributed by atoms with van der Waals surface area (Å²) in [5, 5.41) is 5.32. The molecule has 2 aromatic heterocycles. The Morgan fingerprint density at radius 1 is 1.02 bits per heavy atom. The lowest BCUT2D eigenvalue weighted by atomic mass is 9.95. The van der Waals surface area contributed by atoms with E-state index < -0.39 is 11.6 Å². The van der Waals surface area contributed by atoms with Crippen molar-refractivity contribution < 1.29 is 18.3 Å². The number of ether oxygens (including phenoxy) is 2. The van der Waals surface area contributed by atoms with Crippen LogP contribution in [0.1, 0.15) is 78.0 Å². The first-order valence-corrected chi connectivity index (χ1v) is 18.1. The van der Waals surface area contributed by atoms with Gasteiger partial charge in [0.15, 0.2) is 5.82 Å². The van der Waals surface area contributed by atoms with Gasteiger partial charge in [-0.25, -0.2) is 13.8 Å². The number of aryl methyl sites for hydroxylation is 1. The fourth-order valence-electron chi connectivity index (χ4n) is 7.79. The highest BCUT2D eigenvalue weighted by Gasteiger charge is 2.45. The summed E-state index contributed by atoms with van der Waals surface area (Å²) in [5.41, 5.74) is 1.66. The van der Waals surface area contributed by atoms with E-state index in [9.17, 15) is 4.39 Å². The zero-order chi connectivity index (χ0) is 35.6. The Balaban J connectivity index is 0.000000492. The maximum atomic E-state index is 16.8.